The standard InChI is InChI=1S/C16H11BrFN3OS/c17-11-5-3-4-10(8-11)9-14-20-21-16(23-14)19-15(22)12-6-1-2-7-13(12)18/h1-8H,9H2,(H,19,21,22). The summed E-state index contributed by atoms with van der Waals surface area (Å²) in [6.07, 6.45) is 0.618. The Morgan fingerprint density at radius 1 is 1.17 bits per heavy atom. The Bertz CT molecular complexity index is 853. The molecule has 0 saturated carbocycles. The summed E-state index contributed by atoms with van der Waals surface area (Å²) in [4.78, 5) is 12.0. The molecule has 2 aromatic carbocycles. The van der Waals surface area contributed by atoms with E-state index < -0.39 is 11.7 Å². The number of hydrogen-bond donors (Lipinski definition) is 1. The van der Waals surface area contributed by atoms with Crippen LogP contribution in [0.25, 0.3) is 0 Å². The number of aromatic nitrogens is 2. The lowest BCUT2D eigenvalue weighted by Crippen LogP contribution is -2.13. The topological polar surface area (TPSA) is 54.9 Å². The Balaban J connectivity index is 1.70. The summed E-state index contributed by atoms with van der Waals surface area (Å²) in [6, 6.07) is 13.7. The molecular formula is C16H11BrFN3OS. The zero-order valence-electron chi connectivity index (χ0n) is 11.8. The van der Waals surface area contributed by atoms with Crippen LogP contribution in [0.4, 0.5) is 9.52 Å². The summed E-state index contributed by atoms with van der Waals surface area (Å²) in [5.74, 6) is -1.10. The van der Waals surface area contributed by atoms with Gasteiger partial charge in [0.15, 0.2) is 0 Å². The van der Waals surface area contributed by atoms with E-state index in [9.17, 15) is 9.18 Å². The predicted molar refractivity (Wildman–Crippen MR) is 91.2 cm³/mol. The highest BCUT2D eigenvalue weighted by molar-refractivity contribution is 9.10. The van der Waals surface area contributed by atoms with Crippen molar-refractivity contribution in [1.82, 2.24) is 10.2 Å². The van der Waals surface area contributed by atoms with Crippen molar-refractivity contribution in [2.24, 2.45) is 0 Å². The summed E-state index contributed by atoms with van der Waals surface area (Å²) < 4.78 is 14.6. The molecule has 0 saturated heterocycles. The van der Waals surface area contributed by atoms with Gasteiger partial charge in [0, 0.05) is 10.9 Å². The molecule has 116 valence electrons. The van der Waals surface area contributed by atoms with Crippen LogP contribution in [-0.2, 0) is 6.42 Å². The van der Waals surface area contributed by atoms with Gasteiger partial charge in [0.1, 0.15) is 10.8 Å². The zero-order valence-corrected chi connectivity index (χ0v) is 14.2. The van der Waals surface area contributed by atoms with Gasteiger partial charge in [-0.05, 0) is 29.8 Å². The van der Waals surface area contributed by atoms with E-state index in [0.29, 0.717) is 11.6 Å². The number of carbonyl (C=O) groups excluding carboxylic acids is 1. The van der Waals surface area contributed by atoms with Gasteiger partial charge < -0.3 is 0 Å². The lowest BCUT2D eigenvalue weighted by atomic mass is 10.2. The fourth-order valence-corrected chi connectivity index (χ4v) is 3.22. The molecular weight excluding hydrogens is 381 g/mol. The van der Waals surface area contributed by atoms with Gasteiger partial charge in [-0.15, -0.1) is 10.2 Å². The first-order chi connectivity index (χ1) is 11.1. The number of halogens is 2. The minimum absolute atomic E-state index is 0.0174. The van der Waals surface area contributed by atoms with Gasteiger partial charge in [0.2, 0.25) is 5.13 Å². The van der Waals surface area contributed by atoms with Crippen LogP contribution < -0.4 is 5.32 Å². The predicted octanol–water partition coefficient (Wildman–Crippen LogP) is 4.28. The largest absolute Gasteiger partial charge is 0.296 e. The molecule has 0 aliphatic rings. The number of anilines is 1. The zero-order chi connectivity index (χ0) is 16.2. The summed E-state index contributed by atoms with van der Waals surface area (Å²) in [5.41, 5.74) is 1.07. The number of hydrogen-bond acceptors (Lipinski definition) is 4. The van der Waals surface area contributed by atoms with Crippen LogP contribution in [0.2, 0.25) is 0 Å². The highest BCUT2D eigenvalue weighted by Gasteiger charge is 2.13. The third-order valence-corrected chi connectivity index (χ3v) is 4.38. The molecule has 0 aliphatic carbocycles. The van der Waals surface area contributed by atoms with Crippen LogP contribution in [0, 0.1) is 5.82 Å². The molecule has 0 radical (unpaired) electrons. The number of nitrogens with zero attached hydrogens (tertiary/aromatic N) is 2. The van der Waals surface area contributed by atoms with Crippen LogP contribution in [0.3, 0.4) is 0 Å². The number of benzene rings is 2. The Hall–Kier alpha value is -2.12. The third kappa shape index (κ3) is 4.00. The van der Waals surface area contributed by atoms with Crippen molar-refractivity contribution >= 4 is 38.3 Å². The van der Waals surface area contributed by atoms with Crippen molar-refractivity contribution in [3.63, 3.8) is 0 Å². The fourth-order valence-electron chi connectivity index (χ4n) is 2.01. The Morgan fingerprint density at radius 3 is 2.78 bits per heavy atom. The van der Waals surface area contributed by atoms with Gasteiger partial charge in [-0.3, -0.25) is 10.1 Å². The molecule has 0 fully saturated rings. The normalized spacial score (nSPS) is 10.5. The second kappa shape index (κ2) is 6.97. The van der Waals surface area contributed by atoms with Gasteiger partial charge in [-0.25, -0.2) is 4.39 Å². The van der Waals surface area contributed by atoms with Crippen LogP contribution in [0.5, 0.6) is 0 Å². The molecule has 7 heteroatoms. The lowest BCUT2D eigenvalue weighted by Gasteiger charge is -2.01. The molecule has 1 N–H and O–H groups in total. The van der Waals surface area contributed by atoms with Crippen molar-refractivity contribution < 1.29 is 9.18 Å². The molecule has 0 aliphatic heterocycles. The van der Waals surface area contributed by atoms with Crippen LogP contribution in [0.15, 0.2) is 53.0 Å². The highest BCUT2D eigenvalue weighted by Crippen LogP contribution is 2.21. The number of carbonyl (C=O) groups is 1. The van der Waals surface area contributed by atoms with E-state index in [-0.39, 0.29) is 5.56 Å². The molecule has 3 rings (SSSR count). The monoisotopic (exact) mass is 391 g/mol. The molecule has 3 aromatic rings. The maximum atomic E-state index is 13.6. The maximum absolute atomic E-state index is 13.6. The summed E-state index contributed by atoms with van der Waals surface area (Å²) in [7, 11) is 0. The van der Waals surface area contributed by atoms with E-state index in [1.807, 2.05) is 24.3 Å². The smallest absolute Gasteiger partial charge is 0.260 e. The molecule has 0 atom stereocenters. The number of amides is 1. The second-order valence-corrected chi connectivity index (χ2v) is 6.72. The van der Waals surface area contributed by atoms with Crippen molar-refractivity contribution in [1.29, 1.82) is 0 Å². The van der Waals surface area contributed by atoms with E-state index in [1.165, 1.54) is 29.5 Å². The number of rotatable bonds is 4. The molecule has 1 heterocycles. The first-order valence-electron chi connectivity index (χ1n) is 6.74. The molecule has 0 spiro atoms. The first kappa shape index (κ1) is 15.8. The average molecular weight is 392 g/mol. The summed E-state index contributed by atoms with van der Waals surface area (Å²) >= 11 is 4.69. The molecule has 4 nitrogen and oxygen atoms in total. The summed E-state index contributed by atoms with van der Waals surface area (Å²) in [6.45, 7) is 0. The van der Waals surface area contributed by atoms with E-state index >= 15 is 0 Å². The van der Waals surface area contributed by atoms with E-state index in [4.69, 9.17) is 0 Å². The third-order valence-electron chi connectivity index (χ3n) is 3.05. The van der Waals surface area contributed by atoms with Crippen molar-refractivity contribution in [2.75, 3.05) is 5.32 Å². The Kier molecular flexibility index (Phi) is 4.78. The minimum Gasteiger partial charge on any atom is -0.296 e. The van der Waals surface area contributed by atoms with E-state index in [2.05, 4.69) is 31.4 Å². The van der Waals surface area contributed by atoms with Crippen molar-refractivity contribution in [2.45, 2.75) is 6.42 Å². The molecule has 23 heavy (non-hydrogen) atoms. The Labute approximate surface area is 144 Å². The van der Waals surface area contributed by atoms with Crippen LogP contribution >= 0.6 is 27.3 Å². The van der Waals surface area contributed by atoms with Gasteiger partial charge in [-0.1, -0.05) is 51.5 Å². The van der Waals surface area contributed by atoms with E-state index in [1.54, 1.807) is 6.07 Å². The molecule has 0 bridgehead atoms. The quantitative estimate of drug-likeness (QED) is 0.721. The Morgan fingerprint density at radius 2 is 2.00 bits per heavy atom. The second-order valence-electron chi connectivity index (χ2n) is 4.74. The van der Waals surface area contributed by atoms with Gasteiger partial charge in [-0.2, -0.15) is 0 Å². The van der Waals surface area contributed by atoms with Gasteiger partial charge in [0.25, 0.3) is 5.91 Å². The molecule has 1 aromatic heterocycles. The van der Waals surface area contributed by atoms with Crippen molar-refractivity contribution in [3.8, 4) is 0 Å². The van der Waals surface area contributed by atoms with Gasteiger partial charge >= 0.3 is 0 Å². The fraction of sp³-hybridized carbons (Fsp3) is 0.0625. The summed E-state index contributed by atoms with van der Waals surface area (Å²) in [5, 5.41) is 11.7. The van der Waals surface area contributed by atoms with Crippen LogP contribution in [0.1, 0.15) is 20.9 Å². The first-order valence-corrected chi connectivity index (χ1v) is 8.35. The highest BCUT2D eigenvalue weighted by atomic mass is 79.9. The molecule has 0 unspecified atom stereocenters. The molecule has 1 amide bonds. The average Bonchev–Trinajstić information content (AvgIpc) is 2.94. The minimum atomic E-state index is -0.566. The van der Waals surface area contributed by atoms with Crippen molar-refractivity contribution in [3.05, 3.63) is 75.0 Å². The van der Waals surface area contributed by atoms with E-state index in [0.717, 1.165) is 15.0 Å². The van der Waals surface area contributed by atoms with Gasteiger partial charge in [0.05, 0.1) is 5.56 Å². The van der Waals surface area contributed by atoms with Crippen LogP contribution in [-0.4, -0.2) is 16.1 Å². The number of nitrogens with one attached hydrogen (secondary N) is 1. The maximum Gasteiger partial charge on any atom is 0.260 e. The SMILES string of the molecule is O=C(Nc1nnc(Cc2cccc(Br)c2)s1)c1ccccc1F. The lowest BCUT2D eigenvalue weighted by molar-refractivity contribution is 0.102.